The molecular weight excluding hydrogens is 421 g/mol. The molecule has 3 heterocycles. The number of hydrogen-bond donors (Lipinski definition) is 3. The molecule has 0 saturated carbocycles. The third-order valence-electron chi connectivity index (χ3n) is 5.65. The number of carbonyl (C=O) groups excluding carboxylic acids is 1. The molecule has 1 atom stereocenters. The van der Waals surface area contributed by atoms with Gasteiger partial charge >= 0.3 is 0 Å². The Morgan fingerprint density at radius 2 is 2.06 bits per heavy atom. The van der Waals surface area contributed by atoms with E-state index in [1.807, 2.05) is 29.2 Å². The van der Waals surface area contributed by atoms with Crippen molar-refractivity contribution in [3.63, 3.8) is 0 Å². The van der Waals surface area contributed by atoms with Crippen LogP contribution in [-0.2, 0) is 11.3 Å². The molecule has 33 heavy (non-hydrogen) atoms. The van der Waals surface area contributed by atoms with Gasteiger partial charge in [0.05, 0.1) is 17.0 Å². The minimum Gasteiger partial charge on any atom is -0.383 e. The maximum Gasteiger partial charge on any atom is 0.207 e. The van der Waals surface area contributed by atoms with Gasteiger partial charge in [-0.3, -0.25) is 10.2 Å². The fourth-order valence-electron chi connectivity index (χ4n) is 3.93. The normalized spacial score (nSPS) is 24.0. The first kappa shape index (κ1) is 22.2. The Balaban J connectivity index is 1.76. The largest absolute Gasteiger partial charge is 0.383 e. The first-order valence-corrected chi connectivity index (χ1v) is 10.8. The van der Waals surface area contributed by atoms with Gasteiger partial charge in [-0.05, 0) is 36.1 Å². The lowest BCUT2D eigenvalue weighted by Crippen LogP contribution is -2.19. The highest BCUT2D eigenvalue weighted by atomic mass is 19.1. The molecule has 1 aromatic heterocycles. The van der Waals surface area contributed by atoms with E-state index in [1.54, 1.807) is 12.2 Å². The van der Waals surface area contributed by atoms with Crippen molar-refractivity contribution in [1.29, 1.82) is 0 Å². The van der Waals surface area contributed by atoms with Crippen LogP contribution in [0, 0.1) is 5.92 Å². The van der Waals surface area contributed by atoms with Gasteiger partial charge in [0.1, 0.15) is 23.7 Å². The van der Waals surface area contributed by atoms with Crippen molar-refractivity contribution in [1.82, 2.24) is 25.6 Å². The highest BCUT2D eigenvalue weighted by Crippen LogP contribution is 2.26. The fourth-order valence-corrected chi connectivity index (χ4v) is 3.93. The van der Waals surface area contributed by atoms with E-state index in [4.69, 9.17) is 5.73 Å². The van der Waals surface area contributed by atoms with Crippen LogP contribution in [0.3, 0.4) is 0 Å². The minimum atomic E-state index is -0.359. The minimum absolute atomic E-state index is 0.265. The van der Waals surface area contributed by atoms with Crippen molar-refractivity contribution < 1.29 is 9.18 Å². The molecule has 0 radical (unpaired) electrons. The molecule has 4 rings (SSSR count). The number of anilines is 1. The molecule has 1 unspecified atom stereocenters. The van der Waals surface area contributed by atoms with Crippen LogP contribution in [0.5, 0.6) is 0 Å². The summed E-state index contributed by atoms with van der Waals surface area (Å²) in [5, 5.41) is 7.11. The summed E-state index contributed by atoms with van der Waals surface area (Å²) in [4.78, 5) is 21.2. The SMILES string of the molecule is CC1CCN(C2=C(F)/C=C/N/N=C(/c3ccc(CNC=O)cc3)c3c(N)ncnc3/C=C\2)C1. The molecule has 1 saturated heterocycles. The van der Waals surface area contributed by atoms with Crippen molar-refractivity contribution >= 4 is 24.0 Å². The monoisotopic (exact) mass is 447 g/mol. The molecule has 0 bridgehead atoms. The van der Waals surface area contributed by atoms with Gasteiger partial charge in [-0.1, -0.05) is 31.2 Å². The molecule has 1 amide bonds. The zero-order chi connectivity index (χ0) is 23.2. The topological polar surface area (TPSA) is 109 Å². The van der Waals surface area contributed by atoms with Crippen LogP contribution in [0.2, 0.25) is 0 Å². The molecule has 8 nitrogen and oxygen atoms in total. The Morgan fingerprint density at radius 1 is 1.24 bits per heavy atom. The standard InChI is InChI=1S/C24H26FN7O/c1-16-9-11-32(13-16)21-7-6-20-22(24(26)29-14-28-20)23(31-30-10-8-19(21)25)18-4-2-17(3-5-18)12-27-15-33/h2-8,10,14-16,30H,9,11-13H2,1H3,(H,27,33)(H2,26,28,29)/b7-6-,10-8+,21-19-,31-23-. The van der Waals surface area contributed by atoms with Gasteiger partial charge in [0.25, 0.3) is 0 Å². The van der Waals surface area contributed by atoms with Gasteiger partial charge in [0.2, 0.25) is 6.41 Å². The molecule has 2 aromatic rings. The fraction of sp³-hybridized carbons (Fsp3) is 0.250. The van der Waals surface area contributed by atoms with E-state index in [2.05, 4.69) is 32.7 Å². The second-order valence-corrected chi connectivity index (χ2v) is 8.04. The number of allylic oxidation sites excluding steroid dienone is 3. The van der Waals surface area contributed by atoms with Gasteiger partial charge in [-0.2, -0.15) is 5.10 Å². The zero-order valence-corrected chi connectivity index (χ0v) is 18.3. The van der Waals surface area contributed by atoms with E-state index in [-0.39, 0.29) is 11.6 Å². The maximum atomic E-state index is 15.1. The van der Waals surface area contributed by atoms with Crippen molar-refractivity contribution in [3.05, 3.63) is 82.9 Å². The summed E-state index contributed by atoms with van der Waals surface area (Å²) < 4.78 is 15.1. The summed E-state index contributed by atoms with van der Waals surface area (Å²) in [6, 6.07) is 7.53. The maximum absolute atomic E-state index is 15.1. The number of aromatic nitrogens is 2. The number of amides is 1. The number of nitrogens with one attached hydrogen (secondary N) is 2. The molecule has 2 aliphatic heterocycles. The summed E-state index contributed by atoms with van der Waals surface area (Å²) in [5.41, 5.74) is 12.9. The number of benzene rings is 1. The summed E-state index contributed by atoms with van der Waals surface area (Å²) in [7, 11) is 0. The third-order valence-corrected chi connectivity index (χ3v) is 5.65. The number of nitrogens with two attached hydrogens (primary N) is 1. The number of nitrogens with zero attached hydrogens (tertiary/aromatic N) is 4. The summed E-state index contributed by atoms with van der Waals surface area (Å²) in [5.74, 6) is 0.409. The average Bonchev–Trinajstić information content (AvgIpc) is 3.23. The number of nitrogen functional groups attached to an aromatic ring is 1. The number of hydrogen-bond acceptors (Lipinski definition) is 7. The predicted octanol–water partition coefficient (Wildman–Crippen LogP) is 2.71. The molecular formula is C24H26FN7O. The summed E-state index contributed by atoms with van der Waals surface area (Å²) in [6.45, 7) is 4.17. The van der Waals surface area contributed by atoms with Crippen LogP contribution < -0.4 is 16.5 Å². The molecule has 2 aliphatic rings. The number of halogens is 1. The lowest BCUT2D eigenvalue weighted by atomic mass is 9.99. The third kappa shape index (κ3) is 5.08. The van der Waals surface area contributed by atoms with Crippen LogP contribution >= 0.6 is 0 Å². The van der Waals surface area contributed by atoms with E-state index >= 15 is 4.39 Å². The smallest absolute Gasteiger partial charge is 0.207 e. The highest BCUT2D eigenvalue weighted by molar-refractivity contribution is 6.16. The van der Waals surface area contributed by atoms with Gasteiger partial charge in [0, 0.05) is 31.4 Å². The van der Waals surface area contributed by atoms with Crippen molar-refractivity contribution in [2.24, 2.45) is 11.0 Å². The first-order valence-electron chi connectivity index (χ1n) is 10.8. The predicted molar refractivity (Wildman–Crippen MR) is 126 cm³/mol. The Bertz CT molecular complexity index is 1140. The van der Waals surface area contributed by atoms with E-state index in [0.29, 0.717) is 41.5 Å². The number of likely N-dealkylation sites (tertiary alicyclic amines) is 1. The number of rotatable bonds is 5. The van der Waals surface area contributed by atoms with Gasteiger partial charge in [0.15, 0.2) is 0 Å². The molecule has 0 aliphatic carbocycles. The number of hydrazone groups is 1. The van der Waals surface area contributed by atoms with Crippen LogP contribution in [0.25, 0.3) is 6.08 Å². The van der Waals surface area contributed by atoms with Crippen LogP contribution in [0.4, 0.5) is 10.2 Å². The van der Waals surface area contributed by atoms with E-state index in [9.17, 15) is 4.79 Å². The summed E-state index contributed by atoms with van der Waals surface area (Å²) >= 11 is 0. The molecule has 1 fully saturated rings. The quantitative estimate of drug-likeness (QED) is 0.608. The van der Waals surface area contributed by atoms with Gasteiger partial charge < -0.3 is 16.0 Å². The molecule has 170 valence electrons. The average molecular weight is 448 g/mol. The second kappa shape index (κ2) is 10.1. The molecule has 1 aromatic carbocycles. The van der Waals surface area contributed by atoms with Crippen molar-refractivity contribution in [2.45, 2.75) is 19.9 Å². The number of fused-ring (bicyclic) bond motifs is 1. The van der Waals surface area contributed by atoms with Crippen LogP contribution in [-0.4, -0.2) is 40.1 Å². The Labute approximate surface area is 191 Å². The Kier molecular flexibility index (Phi) is 6.77. The van der Waals surface area contributed by atoms with Crippen molar-refractivity contribution in [2.75, 3.05) is 18.8 Å². The van der Waals surface area contributed by atoms with Crippen LogP contribution in [0.15, 0.2) is 65.6 Å². The van der Waals surface area contributed by atoms with E-state index in [0.717, 1.165) is 30.6 Å². The lowest BCUT2D eigenvalue weighted by molar-refractivity contribution is -0.109. The Hall–Kier alpha value is -4.01. The zero-order valence-electron chi connectivity index (χ0n) is 18.3. The van der Waals surface area contributed by atoms with E-state index < -0.39 is 0 Å². The number of carbonyl (C=O) groups is 1. The summed E-state index contributed by atoms with van der Waals surface area (Å²) in [6.07, 6.45) is 9.36. The highest BCUT2D eigenvalue weighted by Gasteiger charge is 2.23. The van der Waals surface area contributed by atoms with Gasteiger partial charge in [-0.15, -0.1) is 0 Å². The van der Waals surface area contributed by atoms with E-state index in [1.165, 1.54) is 18.6 Å². The lowest BCUT2D eigenvalue weighted by Gasteiger charge is -2.19. The first-order chi connectivity index (χ1) is 16.1. The Morgan fingerprint density at radius 3 is 2.79 bits per heavy atom. The molecule has 0 spiro atoms. The molecule has 9 heteroatoms. The van der Waals surface area contributed by atoms with Crippen molar-refractivity contribution in [3.8, 4) is 0 Å². The van der Waals surface area contributed by atoms with Gasteiger partial charge in [-0.25, -0.2) is 14.4 Å². The second-order valence-electron chi connectivity index (χ2n) is 8.04. The molecule has 4 N–H and O–H groups in total. The van der Waals surface area contributed by atoms with Crippen LogP contribution in [0.1, 0.15) is 35.7 Å².